The average molecular weight is 419 g/mol. The number of fused-ring (bicyclic) bond motifs is 1. The van der Waals surface area contributed by atoms with Gasteiger partial charge < -0.3 is 15.2 Å². The fraction of sp³-hybridized carbons (Fsp3) is 0.348. The Labute approximate surface area is 180 Å². The van der Waals surface area contributed by atoms with Gasteiger partial charge in [0.15, 0.2) is 5.82 Å². The van der Waals surface area contributed by atoms with E-state index < -0.39 is 0 Å². The minimum absolute atomic E-state index is 0.468. The molecule has 0 unspecified atom stereocenters. The molecule has 0 saturated heterocycles. The molecule has 3 aromatic heterocycles. The molecule has 1 aromatic carbocycles. The molecule has 1 saturated carbocycles. The molecule has 0 amide bonds. The van der Waals surface area contributed by atoms with Gasteiger partial charge in [0.25, 0.3) is 0 Å². The number of aryl methyl sites for hydroxylation is 1. The molecule has 3 heterocycles. The lowest BCUT2D eigenvalue weighted by molar-refractivity contribution is 0.462. The van der Waals surface area contributed by atoms with Gasteiger partial charge in [0, 0.05) is 18.8 Å². The van der Waals surface area contributed by atoms with Crippen LogP contribution in [0.25, 0.3) is 11.0 Å². The molecule has 0 radical (unpaired) electrons. The van der Waals surface area contributed by atoms with Crippen LogP contribution < -0.4 is 10.6 Å². The van der Waals surface area contributed by atoms with Crippen LogP contribution in [0.2, 0.25) is 0 Å². The van der Waals surface area contributed by atoms with Crippen molar-refractivity contribution < 1.29 is 0 Å². The van der Waals surface area contributed by atoms with Gasteiger partial charge in [0.2, 0.25) is 5.95 Å². The van der Waals surface area contributed by atoms with Gasteiger partial charge in [-0.15, -0.1) is 0 Å². The van der Waals surface area contributed by atoms with Crippen molar-refractivity contribution in [1.29, 1.82) is 0 Å². The van der Waals surface area contributed by atoms with Crippen LogP contribution in [-0.2, 0) is 6.54 Å². The second-order valence-electron chi connectivity index (χ2n) is 8.00. The summed E-state index contributed by atoms with van der Waals surface area (Å²) in [6.07, 6.45) is 8.39. The minimum Gasteiger partial charge on any atom is -0.365 e. The maximum atomic E-state index is 4.90. The molecule has 30 heavy (non-hydrogen) atoms. The van der Waals surface area contributed by atoms with E-state index in [1.807, 2.05) is 13.0 Å². The third-order valence-electron chi connectivity index (χ3n) is 5.62. The molecule has 0 spiro atoms. The van der Waals surface area contributed by atoms with Gasteiger partial charge in [-0.1, -0.05) is 49.6 Å². The van der Waals surface area contributed by atoms with Crippen molar-refractivity contribution in [3.8, 4) is 0 Å². The zero-order valence-corrected chi connectivity index (χ0v) is 18.0. The van der Waals surface area contributed by atoms with Gasteiger partial charge in [0.05, 0.1) is 11.2 Å². The lowest BCUT2D eigenvalue weighted by Crippen LogP contribution is -2.23. The standard InChI is InChI=1S/C23H26N6S/c1-16-14-20(30-28-16)26-23-25-19-12-13-29(15-17-8-4-2-5-9-17)21(19)22(27-23)24-18-10-6-3-7-11-18/h2,4-5,8-9,12-14,18H,3,6-7,10-11,15H2,1H3,(H2,24,25,26,27). The maximum Gasteiger partial charge on any atom is 0.230 e. The summed E-state index contributed by atoms with van der Waals surface area (Å²) in [5, 5.41) is 8.04. The topological polar surface area (TPSA) is 67.7 Å². The van der Waals surface area contributed by atoms with Crippen LogP contribution in [0.5, 0.6) is 0 Å². The van der Waals surface area contributed by atoms with E-state index in [2.05, 4.69) is 62.2 Å². The zero-order valence-electron chi connectivity index (χ0n) is 17.1. The maximum absolute atomic E-state index is 4.90. The number of nitrogens with one attached hydrogen (secondary N) is 2. The number of aromatic nitrogens is 4. The summed E-state index contributed by atoms with van der Waals surface area (Å²) in [7, 11) is 0. The average Bonchev–Trinajstić information content (AvgIpc) is 3.35. The summed E-state index contributed by atoms with van der Waals surface area (Å²) in [5.74, 6) is 1.53. The SMILES string of the molecule is Cc1cc(Nc2nc(NC3CCCCC3)c3c(ccn3Cc3ccccc3)n2)sn1. The molecule has 1 aliphatic carbocycles. The highest BCUT2D eigenvalue weighted by Gasteiger charge is 2.18. The van der Waals surface area contributed by atoms with Gasteiger partial charge in [-0.25, -0.2) is 4.98 Å². The fourth-order valence-corrected chi connectivity index (χ4v) is 4.80. The summed E-state index contributed by atoms with van der Waals surface area (Å²) in [6, 6.07) is 15.1. The van der Waals surface area contributed by atoms with Gasteiger partial charge >= 0.3 is 0 Å². The van der Waals surface area contributed by atoms with Crippen LogP contribution in [0, 0.1) is 6.92 Å². The zero-order chi connectivity index (χ0) is 20.3. The molecule has 4 aromatic rings. The number of rotatable bonds is 6. The Morgan fingerprint density at radius 1 is 1.07 bits per heavy atom. The van der Waals surface area contributed by atoms with Gasteiger partial charge in [0.1, 0.15) is 10.5 Å². The van der Waals surface area contributed by atoms with Crippen molar-refractivity contribution in [2.45, 2.75) is 51.6 Å². The first-order chi connectivity index (χ1) is 14.7. The molecular weight excluding hydrogens is 392 g/mol. The Kier molecular flexibility index (Phi) is 5.36. The van der Waals surface area contributed by atoms with Crippen LogP contribution in [0.1, 0.15) is 43.4 Å². The first kappa shape index (κ1) is 19.1. The second-order valence-corrected chi connectivity index (χ2v) is 8.80. The van der Waals surface area contributed by atoms with Gasteiger partial charge in [-0.05, 0) is 49.0 Å². The van der Waals surface area contributed by atoms with Crippen LogP contribution in [0.4, 0.5) is 16.8 Å². The second kappa shape index (κ2) is 8.44. The van der Waals surface area contributed by atoms with Crippen molar-refractivity contribution in [1.82, 2.24) is 18.9 Å². The molecule has 154 valence electrons. The van der Waals surface area contributed by atoms with E-state index >= 15 is 0 Å². The number of nitrogens with zero attached hydrogens (tertiary/aromatic N) is 4. The number of hydrogen-bond donors (Lipinski definition) is 2. The Morgan fingerprint density at radius 2 is 1.90 bits per heavy atom. The molecular formula is C23H26N6S. The molecule has 5 rings (SSSR count). The van der Waals surface area contributed by atoms with E-state index in [1.165, 1.54) is 49.2 Å². The Balaban J connectivity index is 1.52. The monoisotopic (exact) mass is 418 g/mol. The first-order valence-electron chi connectivity index (χ1n) is 10.6. The summed E-state index contributed by atoms with van der Waals surface area (Å²) in [4.78, 5) is 9.69. The van der Waals surface area contributed by atoms with Gasteiger partial charge in [-0.3, -0.25) is 0 Å². The van der Waals surface area contributed by atoms with E-state index in [1.54, 1.807) is 0 Å². The summed E-state index contributed by atoms with van der Waals surface area (Å²) < 4.78 is 6.59. The third-order valence-corrected chi connectivity index (χ3v) is 6.41. The first-order valence-corrected chi connectivity index (χ1v) is 11.4. The van der Waals surface area contributed by atoms with Crippen LogP contribution in [-0.4, -0.2) is 25.0 Å². The van der Waals surface area contributed by atoms with E-state index in [0.29, 0.717) is 12.0 Å². The molecule has 7 heteroatoms. The van der Waals surface area contributed by atoms with Crippen LogP contribution in [0.3, 0.4) is 0 Å². The normalized spacial score (nSPS) is 14.8. The molecule has 0 atom stereocenters. The fourth-order valence-electron chi connectivity index (χ4n) is 4.15. The summed E-state index contributed by atoms with van der Waals surface area (Å²) in [5.41, 5.74) is 4.28. The number of hydrogen-bond acceptors (Lipinski definition) is 6. The van der Waals surface area contributed by atoms with Crippen LogP contribution >= 0.6 is 11.5 Å². The highest BCUT2D eigenvalue weighted by atomic mass is 32.1. The van der Waals surface area contributed by atoms with E-state index in [4.69, 9.17) is 9.97 Å². The van der Waals surface area contributed by atoms with Crippen molar-refractivity contribution in [2.75, 3.05) is 10.6 Å². The molecule has 1 aliphatic rings. The van der Waals surface area contributed by atoms with Crippen molar-refractivity contribution in [3.63, 3.8) is 0 Å². The lowest BCUT2D eigenvalue weighted by Gasteiger charge is -2.24. The quantitative estimate of drug-likeness (QED) is 0.418. The van der Waals surface area contributed by atoms with Crippen molar-refractivity contribution in [2.24, 2.45) is 0 Å². The Hall–Kier alpha value is -2.93. The van der Waals surface area contributed by atoms with Gasteiger partial charge in [-0.2, -0.15) is 9.36 Å². The molecule has 0 bridgehead atoms. The highest BCUT2D eigenvalue weighted by molar-refractivity contribution is 7.10. The Bertz CT molecular complexity index is 1130. The lowest BCUT2D eigenvalue weighted by atomic mass is 9.95. The minimum atomic E-state index is 0.468. The highest BCUT2D eigenvalue weighted by Crippen LogP contribution is 2.29. The summed E-state index contributed by atoms with van der Waals surface area (Å²) >= 11 is 1.43. The molecule has 0 aliphatic heterocycles. The van der Waals surface area contributed by atoms with Crippen molar-refractivity contribution in [3.05, 3.63) is 59.9 Å². The predicted octanol–water partition coefficient (Wildman–Crippen LogP) is 5.73. The number of anilines is 3. The molecule has 6 nitrogen and oxygen atoms in total. The van der Waals surface area contributed by atoms with Crippen LogP contribution in [0.15, 0.2) is 48.7 Å². The number of benzene rings is 1. The third kappa shape index (κ3) is 4.16. The molecule has 2 N–H and O–H groups in total. The smallest absolute Gasteiger partial charge is 0.230 e. The largest absolute Gasteiger partial charge is 0.365 e. The van der Waals surface area contributed by atoms with E-state index in [0.717, 1.165) is 34.1 Å². The predicted molar refractivity (Wildman–Crippen MR) is 124 cm³/mol. The van der Waals surface area contributed by atoms with Crippen molar-refractivity contribution >= 4 is 39.3 Å². The van der Waals surface area contributed by atoms with E-state index in [-0.39, 0.29) is 0 Å². The Morgan fingerprint density at radius 3 is 2.67 bits per heavy atom. The van der Waals surface area contributed by atoms with E-state index in [9.17, 15) is 0 Å². The molecule has 1 fully saturated rings. The summed E-state index contributed by atoms with van der Waals surface area (Å²) in [6.45, 7) is 2.79.